The number of hydrogen-bond acceptors (Lipinski definition) is 3. The number of carbonyl (C=O) groups is 1. The van der Waals surface area contributed by atoms with Crippen LogP contribution in [0.25, 0.3) is 0 Å². The normalized spacial score (nSPS) is 10.4. The summed E-state index contributed by atoms with van der Waals surface area (Å²) in [6.45, 7) is 2.63. The zero-order valence-corrected chi connectivity index (χ0v) is 11.2. The molecule has 2 aromatic rings. The lowest BCUT2D eigenvalue weighted by atomic mass is 10.1. The number of aryl methyl sites for hydroxylation is 2. The molecule has 2 rings (SSSR count). The van der Waals surface area contributed by atoms with Crippen molar-refractivity contribution in [2.24, 2.45) is 7.05 Å². The molecule has 0 spiro atoms. The summed E-state index contributed by atoms with van der Waals surface area (Å²) in [6, 6.07) is 8.24. The van der Waals surface area contributed by atoms with Crippen LogP contribution < -0.4 is 11.1 Å². The van der Waals surface area contributed by atoms with Gasteiger partial charge >= 0.3 is 0 Å². The van der Waals surface area contributed by atoms with Crippen molar-refractivity contribution in [3.8, 4) is 0 Å². The van der Waals surface area contributed by atoms with Gasteiger partial charge in [-0.15, -0.1) is 0 Å². The molecule has 3 N–H and O–H groups in total. The predicted molar refractivity (Wildman–Crippen MR) is 74.8 cm³/mol. The van der Waals surface area contributed by atoms with Crippen LogP contribution in [0, 0.1) is 6.92 Å². The fourth-order valence-corrected chi connectivity index (χ4v) is 2.00. The Morgan fingerprint density at radius 3 is 2.89 bits per heavy atom. The molecule has 1 aromatic heterocycles. The molecule has 1 heterocycles. The van der Waals surface area contributed by atoms with Crippen LogP contribution >= 0.6 is 0 Å². The molecule has 0 aliphatic rings. The van der Waals surface area contributed by atoms with Crippen molar-refractivity contribution >= 4 is 11.6 Å². The highest BCUT2D eigenvalue weighted by atomic mass is 16.2. The summed E-state index contributed by atoms with van der Waals surface area (Å²) in [5.41, 5.74) is 8.93. The van der Waals surface area contributed by atoms with Crippen molar-refractivity contribution in [2.75, 3.05) is 12.3 Å². The van der Waals surface area contributed by atoms with Crippen molar-refractivity contribution < 1.29 is 4.79 Å². The van der Waals surface area contributed by atoms with Crippen LogP contribution in [0.4, 0.5) is 5.69 Å². The lowest BCUT2D eigenvalue weighted by Gasteiger charge is -2.07. The summed E-state index contributed by atoms with van der Waals surface area (Å²) in [5, 5.41) is 6.80. The lowest BCUT2D eigenvalue weighted by Crippen LogP contribution is -2.28. The first-order valence-corrected chi connectivity index (χ1v) is 6.19. The van der Waals surface area contributed by atoms with E-state index in [1.54, 1.807) is 7.05 Å². The Morgan fingerprint density at radius 2 is 2.26 bits per heavy atom. The summed E-state index contributed by atoms with van der Waals surface area (Å²) in [5.74, 6) is -0.190. The number of aromatic nitrogens is 2. The lowest BCUT2D eigenvalue weighted by molar-refractivity contribution is 0.0945. The highest BCUT2D eigenvalue weighted by Gasteiger charge is 2.13. The maximum Gasteiger partial charge on any atom is 0.271 e. The molecule has 5 heteroatoms. The van der Waals surface area contributed by atoms with E-state index in [4.69, 9.17) is 5.73 Å². The number of anilines is 1. The van der Waals surface area contributed by atoms with E-state index in [2.05, 4.69) is 35.5 Å². The number of rotatable bonds is 4. The van der Waals surface area contributed by atoms with Crippen molar-refractivity contribution in [3.63, 3.8) is 0 Å². The third kappa shape index (κ3) is 3.13. The molecular weight excluding hydrogens is 240 g/mol. The number of nitrogens with one attached hydrogen (secondary N) is 1. The molecule has 0 aliphatic carbocycles. The Hall–Kier alpha value is -2.30. The van der Waals surface area contributed by atoms with E-state index >= 15 is 0 Å². The van der Waals surface area contributed by atoms with E-state index in [1.165, 1.54) is 22.0 Å². The zero-order chi connectivity index (χ0) is 13.8. The molecule has 5 nitrogen and oxygen atoms in total. The summed E-state index contributed by atoms with van der Waals surface area (Å²) in [4.78, 5) is 12.0. The molecule has 0 bridgehead atoms. The van der Waals surface area contributed by atoms with Crippen molar-refractivity contribution in [1.29, 1.82) is 0 Å². The minimum Gasteiger partial charge on any atom is -0.396 e. The fraction of sp³-hybridized carbons (Fsp3) is 0.286. The first kappa shape index (κ1) is 13.1. The number of nitrogens with two attached hydrogens (primary N) is 1. The Kier molecular flexibility index (Phi) is 3.85. The third-order valence-electron chi connectivity index (χ3n) is 2.96. The van der Waals surface area contributed by atoms with E-state index in [1.807, 2.05) is 6.07 Å². The summed E-state index contributed by atoms with van der Waals surface area (Å²) < 4.78 is 1.48. The highest BCUT2D eigenvalue weighted by Crippen LogP contribution is 2.09. The standard InChI is InChI=1S/C14H18N4O/c1-10-4-3-5-11(8-10)6-7-16-14(19)13-12(15)9-17-18(13)2/h3-5,8-9H,6-7,15H2,1-2H3,(H,16,19). The Labute approximate surface area is 112 Å². The first-order chi connectivity index (χ1) is 9.08. The van der Waals surface area contributed by atoms with Gasteiger partial charge in [0.2, 0.25) is 0 Å². The second kappa shape index (κ2) is 5.56. The molecule has 1 aromatic carbocycles. The van der Waals surface area contributed by atoms with Gasteiger partial charge in [0.05, 0.1) is 11.9 Å². The second-order valence-corrected chi connectivity index (χ2v) is 4.57. The average Bonchev–Trinajstić information content (AvgIpc) is 2.69. The average molecular weight is 258 g/mol. The summed E-state index contributed by atoms with van der Waals surface area (Å²) in [6.07, 6.45) is 2.28. The van der Waals surface area contributed by atoms with Crippen LogP contribution in [-0.4, -0.2) is 22.2 Å². The number of hydrogen-bond donors (Lipinski definition) is 2. The van der Waals surface area contributed by atoms with Crippen LogP contribution in [-0.2, 0) is 13.5 Å². The van der Waals surface area contributed by atoms with E-state index in [9.17, 15) is 4.79 Å². The molecule has 100 valence electrons. The number of nitrogens with zero attached hydrogens (tertiary/aromatic N) is 2. The minimum atomic E-state index is -0.190. The van der Waals surface area contributed by atoms with Gasteiger partial charge in [0.25, 0.3) is 5.91 Å². The van der Waals surface area contributed by atoms with Gasteiger partial charge in [-0.25, -0.2) is 0 Å². The molecule has 0 saturated carbocycles. The molecule has 0 saturated heterocycles. The van der Waals surface area contributed by atoms with Gasteiger partial charge in [0.15, 0.2) is 0 Å². The van der Waals surface area contributed by atoms with Crippen LogP contribution in [0.2, 0.25) is 0 Å². The number of nitrogen functional groups attached to an aromatic ring is 1. The van der Waals surface area contributed by atoms with Gasteiger partial charge in [-0.05, 0) is 18.9 Å². The van der Waals surface area contributed by atoms with Gasteiger partial charge < -0.3 is 11.1 Å². The molecular formula is C14H18N4O. The largest absolute Gasteiger partial charge is 0.396 e. The van der Waals surface area contributed by atoms with Crippen molar-refractivity contribution in [3.05, 3.63) is 47.3 Å². The van der Waals surface area contributed by atoms with Gasteiger partial charge in [0.1, 0.15) is 5.69 Å². The zero-order valence-electron chi connectivity index (χ0n) is 11.2. The number of benzene rings is 1. The minimum absolute atomic E-state index is 0.190. The third-order valence-corrected chi connectivity index (χ3v) is 2.96. The highest BCUT2D eigenvalue weighted by molar-refractivity contribution is 5.97. The van der Waals surface area contributed by atoms with Crippen LogP contribution in [0.5, 0.6) is 0 Å². The maximum absolute atomic E-state index is 12.0. The van der Waals surface area contributed by atoms with Crippen LogP contribution in [0.3, 0.4) is 0 Å². The molecule has 0 unspecified atom stereocenters. The Balaban J connectivity index is 1.91. The molecule has 1 amide bonds. The smallest absolute Gasteiger partial charge is 0.271 e. The van der Waals surface area contributed by atoms with E-state index in [0.29, 0.717) is 17.9 Å². The van der Waals surface area contributed by atoms with Gasteiger partial charge in [-0.3, -0.25) is 9.48 Å². The SMILES string of the molecule is Cc1cccc(CCNC(=O)c2c(N)cnn2C)c1. The molecule has 0 fully saturated rings. The summed E-state index contributed by atoms with van der Waals surface area (Å²) in [7, 11) is 1.70. The van der Waals surface area contributed by atoms with Gasteiger partial charge in [-0.2, -0.15) is 5.10 Å². The topological polar surface area (TPSA) is 72.9 Å². The fourth-order valence-electron chi connectivity index (χ4n) is 2.00. The Bertz CT molecular complexity index is 569. The molecule has 0 radical (unpaired) electrons. The van der Waals surface area contributed by atoms with Gasteiger partial charge in [0, 0.05) is 13.6 Å². The summed E-state index contributed by atoms with van der Waals surface area (Å²) >= 11 is 0. The molecule has 19 heavy (non-hydrogen) atoms. The van der Waals surface area contributed by atoms with E-state index in [0.717, 1.165) is 6.42 Å². The first-order valence-electron chi connectivity index (χ1n) is 6.19. The number of carbonyl (C=O) groups excluding carboxylic acids is 1. The van der Waals surface area contributed by atoms with E-state index in [-0.39, 0.29) is 5.91 Å². The van der Waals surface area contributed by atoms with Crippen molar-refractivity contribution in [2.45, 2.75) is 13.3 Å². The quantitative estimate of drug-likeness (QED) is 0.867. The van der Waals surface area contributed by atoms with E-state index < -0.39 is 0 Å². The van der Waals surface area contributed by atoms with Gasteiger partial charge in [-0.1, -0.05) is 29.8 Å². The Morgan fingerprint density at radius 1 is 1.47 bits per heavy atom. The van der Waals surface area contributed by atoms with Crippen LogP contribution in [0.15, 0.2) is 30.5 Å². The maximum atomic E-state index is 12.0. The monoisotopic (exact) mass is 258 g/mol. The molecule has 0 aliphatic heterocycles. The number of amides is 1. The second-order valence-electron chi connectivity index (χ2n) is 4.57. The van der Waals surface area contributed by atoms with Crippen molar-refractivity contribution in [1.82, 2.24) is 15.1 Å². The van der Waals surface area contributed by atoms with Crippen LogP contribution in [0.1, 0.15) is 21.6 Å². The molecule has 0 atom stereocenters. The predicted octanol–water partition coefficient (Wildman–Crippen LogP) is 1.28.